The molecule has 14 heavy (non-hydrogen) atoms. The number of nitrogens with one attached hydrogen (secondary N) is 1. The van der Waals surface area contributed by atoms with Crippen molar-refractivity contribution in [1.29, 1.82) is 0 Å². The molecule has 0 aromatic heterocycles. The van der Waals surface area contributed by atoms with Gasteiger partial charge in [0.2, 0.25) is 0 Å². The van der Waals surface area contributed by atoms with Crippen molar-refractivity contribution in [3.8, 4) is 0 Å². The molecule has 1 aromatic rings. The van der Waals surface area contributed by atoms with Crippen LogP contribution in [0.15, 0.2) is 12.1 Å². The van der Waals surface area contributed by atoms with Gasteiger partial charge in [-0.05, 0) is 44.5 Å². The second-order valence-corrected chi connectivity index (χ2v) is 3.87. The van der Waals surface area contributed by atoms with Gasteiger partial charge in [-0.15, -0.1) is 0 Å². The number of aliphatic hydroxyl groups is 1. The minimum absolute atomic E-state index is 0.404. The summed E-state index contributed by atoms with van der Waals surface area (Å²) in [6, 6.07) is 4.20. The Morgan fingerprint density at radius 2 is 1.93 bits per heavy atom. The second kappa shape index (κ2) is 4.58. The van der Waals surface area contributed by atoms with Crippen molar-refractivity contribution in [3.63, 3.8) is 0 Å². The molecule has 1 aromatic carbocycles. The first kappa shape index (κ1) is 11.2. The van der Waals surface area contributed by atoms with E-state index in [1.54, 1.807) is 0 Å². The minimum Gasteiger partial charge on any atom is -0.387 e. The summed E-state index contributed by atoms with van der Waals surface area (Å²) < 4.78 is 0. The first-order valence-corrected chi connectivity index (χ1v) is 4.96. The summed E-state index contributed by atoms with van der Waals surface area (Å²) in [5.41, 5.74) is 4.68. The lowest BCUT2D eigenvalue weighted by molar-refractivity contribution is 0.177. The summed E-state index contributed by atoms with van der Waals surface area (Å²) >= 11 is 0. The number of benzene rings is 1. The summed E-state index contributed by atoms with van der Waals surface area (Å²) in [6.45, 7) is 6.80. The lowest BCUT2D eigenvalue weighted by Crippen LogP contribution is -2.17. The largest absolute Gasteiger partial charge is 0.387 e. The summed E-state index contributed by atoms with van der Waals surface area (Å²) in [6.07, 6.45) is -0.404. The van der Waals surface area contributed by atoms with Gasteiger partial charge in [0.05, 0.1) is 6.10 Å². The number of aryl methyl sites for hydroxylation is 2. The van der Waals surface area contributed by atoms with Crippen LogP contribution in [0.3, 0.4) is 0 Å². The predicted octanol–water partition coefficient (Wildman–Crippen LogP) is 1.86. The molecular formula is C12H19NO. The van der Waals surface area contributed by atoms with E-state index in [0.717, 1.165) is 5.56 Å². The van der Waals surface area contributed by atoms with Gasteiger partial charge in [0.15, 0.2) is 0 Å². The molecule has 0 spiro atoms. The van der Waals surface area contributed by atoms with Gasteiger partial charge in [0.1, 0.15) is 0 Å². The predicted molar refractivity (Wildman–Crippen MR) is 59.5 cm³/mol. The highest BCUT2D eigenvalue weighted by atomic mass is 16.3. The molecule has 2 nitrogen and oxygen atoms in total. The van der Waals surface area contributed by atoms with Crippen LogP contribution in [-0.2, 0) is 0 Å². The molecule has 0 bridgehead atoms. The van der Waals surface area contributed by atoms with E-state index < -0.39 is 6.10 Å². The molecule has 0 heterocycles. The number of hydrogen-bond acceptors (Lipinski definition) is 2. The highest BCUT2D eigenvalue weighted by molar-refractivity contribution is 5.38. The summed E-state index contributed by atoms with van der Waals surface area (Å²) in [4.78, 5) is 0. The highest BCUT2D eigenvalue weighted by Gasteiger charge is 2.11. The average Bonchev–Trinajstić information content (AvgIpc) is 2.11. The van der Waals surface area contributed by atoms with E-state index in [9.17, 15) is 5.11 Å². The molecule has 1 rings (SSSR count). The van der Waals surface area contributed by atoms with Gasteiger partial charge in [0, 0.05) is 6.54 Å². The Balaban J connectivity index is 3.07. The van der Waals surface area contributed by atoms with Crippen LogP contribution in [-0.4, -0.2) is 18.7 Å². The summed E-state index contributed by atoms with van der Waals surface area (Å²) in [5, 5.41) is 12.9. The molecule has 2 heteroatoms. The summed E-state index contributed by atoms with van der Waals surface area (Å²) in [5.74, 6) is 0. The van der Waals surface area contributed by atoms with Crippen LogP contribution >= 0.6 is 0 Å². The SMILES string of the molecule is CNCC(O)c1cc(C)cc(C)c1C. The fourth-order valence-corrected chi connectivity index (χ4v) is 1.72. The molecule has 1 unspecified atom stereocenters. The molecule has 0 amide bonds. The molecule has 1 atom stereocenters. The maximum atomic E-state index is 9.89. The highest BCUT2D eigenvalue weighted by Crippen LogP contribution is 2.21. The van der Waals surface area contributed by atoms with E-state index >= 15 is 0 Å². The molecule has 78 valence electrons. The Hall–Kier alpha value is -0.860. The van der Waals surface area contributed by atoms with E-state index in [4.69, 9.17) is 0 Å². The molecule has 0 aliphatic rings. The normalized spacial score (nSPS) is 12.9. The Kier molecular flexibility index (Phi) is 3.67. The van der Waals surface area contributed by atoms with Crippen LogP contribution in [0.2, 0.25) is 0 Å². The third-order valence-corrected chi connectivity index (χ3v) is 2.61. The average molecular weight is 193 g/mol. The lowest BCUT2D eigenvalue weighted by Gasteiger charge is -2.16. The molecular weight excluding hydrogens is 174 g/mol. The van der Waals surface area contributed by atoms with E-state index in [-0.39, 0.29) is 0 Å². The van der Waals surface area contributed by atoms with Crippen LogP contribution in [0, 0.1) is 20.8 Å². The van der Waals surface area contributed by atoms with Gasteiger partial charge >= 0.3 is 0 Å². The maximum absolute atomic E-state index is 9.89. The lowest BCUT2D eigenvalue weighted by atomic mass is 9.96. The maximum Gasteiger partial charge on any atom is 0.0917 e. The van der Waals surface area contributed by atoms with Crippen LogP contribution < -0.4 is 5.32 Å². The third kappa shape index (κ3) is 2.34. The van der Waals surface area contributed by atoms with E-state index in [2.05, 4.69) is 38.2 Å². The number of rotatable bonds is 3. The Labute approximate surface area is 86.0 Å². The van der Waals surface area contributed by atoms with Crippen molar-refractivity contribution in [3.05, 3.63) is 34.4 Å². The van der Waals surface area contributed by atoms with Crippen molar-refractivity contribution < 1.29 is 5.11 Å². The molecule has 0 radical (unpaired) electrons. The van der Waals surface area contributed by atoms with E-state index in [0.29, 0.717) is 6.54 Å². The molecule has 0 aliphatic carbocycles. The molecule has 0 aliphatic heterocycles. The van der Waals surface area contributed by atoms with Crippen molar-refractivity contribution in [1.82, 2.24) is 5.32 Å². The van der Waals surface area contributed by atoms with E-state index in [1.165, 1.54) is 16.7 Å². The molecule has 0 saturated carbocycles. The third-order valence-electron chi connectivity index (χ3n) is 2.61. The van der Waals surface area contributed by atoms with Gasteiger partial charge < -0.3 is 10.4 Å². The zero-order valence-electron chi connectivity index (χ0n) is 9.39. The second-order valence-electron chi connectivity index (χ2n) is 3.87. The van der Waals surface area contributed by atoms with Crippen LogP contribution in [0.5, 0.6) is 0 Å². The Bertz CT molecular complexity index is 320. The molecule has 2 N–H and O–H groups in total. The monoisotopic (exact) mass is 193 g/mol. The van der Waals surface area contributed by atoms with Crippen molar-refractivity contribution in [2.45, 2.75) is 26.9 Å². The van der Waals surface area contributed by atoms with Gasteiger partial charge in [-0.3, -0.25) is 0 Å². The van der Waals surface area contributed by atoms with Gasteiger partial charge in [0.25, 0.3) is 0 Å². The van der Waals surface area contributed by atoms with Crippen LogP contribution in [0.25, 0.3) is 0 Å². The van der Waals surface area contributed by atoms with Crippen LogP contribution in [0.1, 0.15) is 28.4 Å². The Morgan fingerprint density at radius 3 is 2.50 bits per heavy atom. The topological polar surface area (TPSA) is 32.3 Å². The molecule has 0 saturated heterocycles. The first-order valence-electron chi connectivity index (χ1n) is 4.96. The smallest absolute Gasteiger partial charge is 0.0917 e. The number of likely N-dealkylation sites (N-methyl/N-ethyl adjacent to an activating group) is 1. The summed E-state index contributed by atoms with van der Waals surface area (Å²) in [7, 11) is 1.85. The number of hydrogen-bond donors (Lipinski definition) is 2. The van der Waals surface area contributed by atoms with Gasteiger partial charge in [-0.2, -0.15) is 0 Å². The standard InChI is InChI=1S/C12H19NO/c1-8-5-9(2)10(3)11(6-8)12(14)7-13-4/h5-6,12-14H,7H2,1-4H3. The fourth-order valence-electron chi connectivity index (χ4n) is 1.72. The van der Waals surface area contributed by atoms with Gasteiger partial charge in [-0.25, -0.2) is 0 Å². The van der Waals surface area contributed by atoms with Crippen LogP contribution in [0.4, 0.5) is 0 Å². The zero-order valence-corrected chi connectivity index (χ0v) is 9.39. The van der Waals surface area contributed by atoms with Crippen molar-refractivity contribution in [2.75, 3.05) is 13.6 Å². The van der Waals surface area contributed by atoms with E-state index in [1.807, 2.05) is 7.05 Å². The van der Waals surface area contributed by atoms with Crippen molar-refractivity contribution in [2.24, 2.45) is 0 Å². The quantitative estimate of drug-likeness (QED) is 0.768. The number of aliphatic hydroxyl groups excluding tert-OH is 1. The minimum atomic E-state index is -0.404. The molecule has 0 fully saturated rings. The first-order chi connectivity index (χ1) is 6.56. The van der Waals surface area contributed by atoms with Gasteiger partial charge in [-0.1, -0.05) is 17.7 Å². The zero-order chi connectivity index (χ0) is 10.7. The Morgan fingerprint density at radius 1 is 1.29 bits per heavy atom. The fraction of sp³-hybridized carbons (Fsp3) is 0.500. The van der Waals surface area contributed by atoms with Crippen molar-refractivity contribution >= 4 is 0 Å².